The van der Waals surface area contributed by atoms with Gasteiger partial charge in [0.15, 0.2) is 16.6 Å². The second-order valence-electron chi connectivity index (χ2n) is 4.64. The number of hydrogen-bond acceptors (Lipinski definition) is 6. The van der Waals surface area contributed by atoms with Crippen LogP contribution in [-0.2, 0) is 10.1 Å². The first kappa shape index (κ1) is 18.6. The molecule has 0 heterocycles. The van der Waals surface area contributed by atoms with Crippen LogP contribution in [0.3, 0.4) is 0 Å². The molecule has 2 aromatic carbocycles. The lowest BCUT2D eigenvalue weighted by Crippen LogP contribution is -2.23. The van der Waals surface area contributed by atoms with E-state index in [-0.39, 0.29) is 21.5 Å². The summed E-state index contributed by atoms with van der Waals surface area (Å²) in [6, 6.07) is 8.76. The van der Waals surface area contributed by atoms with Crippen molar-refractivity contribution >= 4 is 33.7 Å². The van der Waals surface area contributed by atoms with Gasteiger partial charge in [-0.05, 0) is 60.2 Å². The van der Waals surface area contributed by atoms with Gasteiger partial charge in [-0.2, -0.15) is 13.5 Å². The van der Waals surface area contributed by atoms with Gasteiger partial charge < -0.3 is 14.7 Å². The summed E-state index contributed by atoms with van der Waals surface area (Å²) in [7, 11) is -2.77. The van der Waals surface area contributed by atoms with Gasteiger partial charge in [-0.3, -0.25) is 5.43 Å². The van der Waals surface area contributed by atoms with E-state index in [0.29, 0.717) is 5.56 Å². The Morgan fingerprint density at radius 3 is 2.52 bits per heavy atom. The van der Waals surface area contributed by atoms with Crippen LogP contribution in [0.1, 0.15) is 5.56 Å². The van der Waals surface area contributed by atoms with Gasteiger partial charge in [0.2, 0.25) is 0 Å². The smallest absolute Gasteiger partial charge is 0.339 e. The minimum Gasteiger partial charge on any atom is -0.493 e. The zero-order valence-electron chi connectivity index (χ0n) is 13.0. The summed E-state index contributed by atoms with van der Waals surface area (Å²) in [5, 5.41) is 3.79. The van der Waals surface area contributed by atoms with Crippen LogP contribution in [0.4, 0.5) is 4.39 Å². The van der Waals surface area contributed by atoms with E-state index in [9.17, 15) is 12.8 Å². The molecule has 0 unspecified atom stereocenters. The summed E-state index contributed by atoms with van der Waals surface area (Å²) in [6.07, 6.45) is 1.42. The first-order chi connectivity index (χ1) is 11.8. The van der Waals surface area contributed by atoms with Gasteiger partial charge in [-0.25, -0.2) is 4.39 Å². The summed E-state index contributed by atoms with van der Waals surface area (Å²) in [4.78, 5) is -0.178. The SMILES string of the molecule is COc1cc(/C=N/NC(N)=S)ccc1OS(=O)(=O)c1ccc(F)cc1. The van der Waals surface area contributed by atoms with Crippen LogP contribution in [0.25, 0.3) is 0 Å². The number of ether oxygens (including phenoxy) is 1. The molecule has 0 saturated heterocycles. The van der Waals surface area contributed by atoms with Crippen molar-refractivity contribution < 1.29 is 21.7 Å². The van der Waals surface area contributed by atoms with E-state index in [1.54, 1.807) is 6.07 Å². The summed E-state index contributed by atoms with van der Waals surface area (Å²) >= 11 is 4.61. The maximum Gasteiger partial charge on any atom is 0.339 e. The molecule has 7 nitrogen and oxygen atoms in total. The van der Waals surface area contributed by atoms with Crippen LogP contribution in [-0.4, -0.2) is 26.9 Å². The van der Waals surface area contributed by atoms with E-state index in [1.807, 2.05) is 0 Å². The standard InChI is InChI=1S/C15H14FN3O4S2/c1-22-14-8-10(9-18-19-15(17)24)2-7-13(14)23-25(20,21)12-5-3-11(16)4-6-12/h2-9H,1H3,(H3,17,19,24)/b18-9+. The van der Waals surface area contributed by atoms with E-state index in [2.05, 4.69) is 22.7 Å². The maximum atomic E-state index is 12.9. The topological polar surface area (TPSA) is 103 Å². The Morgan fingerprint density at radius 2 is 1.92 bits per heavy atom. The molecule has 0 aliphatic heterocycles. The average molecular weight is 383 g/mol. The second-order valence-corrected chi connectivity index (χ2v) is 6.62. The fourth-order valence-corrected chi connectivity index (χ4v) is 2.76. The number of methoxy groups -OCH3 is 1. The zero-order chi connectivity index (χ0) is 18.4. The lowest BCUT2D eigenvalue weighted by Gasteiger charge is -2.11. The van der Waals surface area contributed by atoms with Crippen LogP contribution in [0.5, 0.6) is 11.5 Å². The molecule has 0 fully saturated rings. The molecule has 2 aromatic rings. The Morgan fingerprint density at radius 1 is 1.24 bits per heavy atom. The lowest BCUT2D eigenvalue weighted by atomic mass is 10.2. The Hall–Kier alpha value is -2.72. The summed E-state index contributed by atoms with van der Waals surface area (Å²) in [5.74, 6) is -0.401. The molecule has 0 atom stereocenters. The van der Waals surface area contributed by atoms with Crippen molar-refractivity contribution in [3.8, 4) is 11.5 Å². The van der Waals surface area contributed by atoms with E-state index in [4.69, 9.17) is 14.7 Å². The molecule has 0 aromatic heterocycles. The largest absolute Gasteiger partial charge is 0.493 e. The molecule has 10 heteroatoms. The van der Waals surface area contributed by atoms with E-state index in [1.165, 1.54) is 25.5 Å². The third-order valence-electron chi connectivity index (χ3n) is 2.88. The molecule has 0 bridgehead atoms. The van der Waals surface area contributed by atoms with Crippen LogP contribution in [0.2, 0.25) is 0 Å². The molecule has 0 radical (unpaired) electrons. The third kappa shape index (κ3) is 5.13. The predicted octanol–water partition coefficient (Wildman–Crippen LogP) is 1.77. The van der Waals surface area contributed by atoms with Crippen molar-refractivity contribution in [3.05, 3.63) is 53.8 Å². The monoisotopic (exact) mass is 383 g/mol. The highest BCUT2D eigenvalue weighted by atomic mass is 32.2. The number of benzene rings is 2. The number of halogens is 1. The number of nitrogens with zero attached hydrogens (tertiary/aromatic N) is 1. The summed E-state index contributed by atoms with van der Waals surface area (Å²) in [6.45, 7) is 0. The van der Waals surface area contributed by atoms with Crippen LogP contribution in [0.15, 0.2) is 52.5 Å². The number of nitrogens with one attached hydrogen (secondary N) is 1. The minimum absolute atomic E-state index is 0.00793. The Kier molecular flexibility index (Phi) is 5.88. The Bertz CT molecular complexity index is 899. The van der Waals surface area contributed by atoms with Gasteiger partial charge in [0.05, 0.1) is 13.3 Å². The van der Waals surface area contributed by atoms with Crippen LogP contribution < -0.4 is 20.1 Å². The fraction of sp³-hybridized carbons (Fsp3) is 0.0667. The molecular formula is C15H14FN3O4S2. The lowest BCUT2D eigenvalue weighted by molar-refractivity contribution is 0.390. The average Bonchev–Trinajstić information content (AvgIpc) is 2.56. The van der Waals surface area contributed by atoms with Crippen molar-refractivity contribution in [3.63, 3.8) is 0 Å². The molecule has 0 aliphatic rings. The van der Waals surface area contributed by atoms with Gasteiger partial charge in [-0.1, -0.05) is 0 Å². The third-order valence-corrected chi connectivity index (χ3v) is 4.22. The van der Waals surface area contributed by atoms with Gasteiger partial charge in [-0.15, -0.1) is 0 Å². The van der Waals surface area contributed by atoms with Crippen molar-refractivity contribution in [2.24, 2.45) is 10.8 Å². The first-order valence-electron chi connectivity index (χ1n) is 6.78. The molecule has 0 spiro atoms. The highest BCUT2D eigenvalue weighted by molar-refractivity contribution is 7.87. The Balaban J connectivity index is 2.25. The number of nitrogens with two attached hydrogens (primary N) is 1. The van der Waals surface area contributed by atoms with Crippen molar-refractivity contribution in [1.82, 2.24) is 5.43 Å². The van der Waals surface area contributed by atoms with E-state index < -0.39 is 15.9 Å². The first-order valence-corrected chi connectivity index (χ1v) is 8.60. The second kappa shape index (κ2) is 7.90. The van der Waals surface area contributed by atoms with Gasteiger partial charge in [0, 0.05) is 0 Å². The molecule has 0 aliphatic carbocycles. The predicted molar refractivity (Wildman–Crippen MR) is 94.7 cm³/mol. The normalized spacial score (nSPS) is 11.3. The molecule has 25 heavy (non-hydrogen) atoms. The molecule has 0 saturated carbocycles. The highest BCUT2D eigenvalue weighted by Crippen LogP contribution is 2.30. The minimum atomic E-state index is -4.13. The summed E-state index contributed by atoms with van der Waals surface area (Å²) < 4.78 is 47.6. The van der Waals surface area contributed by atoms with Gasteiger partial charge in [0.25, 0.3) is 0 Å². The number of thiocarbonyl (C=S) groups is 1. The van der Waals surface area contributed by atoms with E-state index >= 15 is 0 Å². The molecule has 132 valence electrons. The molecular weight excluding hydrogens is 369 g/mol. The zero-order valence-corrected chi connectivity index (χ0v) is 14.6. The van der Waals surface area contributed by atoms with Gasteiger partial charge in [0.1, 0.15) is 10.7 Å². The maximum absolute atomic E-state index is 12.9. The quantitative estimate of drug-likeness (QED) is 0.339. The number of hydrazone groups is 1. The molecule has 2 rings (SSSR count). The molecule has 3 N–H and O–H groups in total. The van der Waals surface area contributed by atoms with Crippen molar-refractivity contribution in [2.75, 3.05) is 7.11 Å². The van der Waals surface area contributed by atoms with E-state index in [0.717, 1.165) is 24.3 Å². The number of hydrogen-bond donors (Lipinski definition) is 2. The van der Waals surface area contributed by atoms with Crippen LogP contribution in [0, 0.1) is 5.82 Å². The molecule has 0 amide bonds. The van der Waals surface area contributed by atoms with Crippen molar-refractivity contribution in [2.45, 2.75) is 4.90 Å². The fourth-order valence-electron chi connectivity index (χ4n) is 1.77. The number of rotatable bonds is 6. The summed E-state index contributed by atoms with van der Waals surface area (Å²) in [5.41, 5.74) is 8.22. The van der Waals surface area contributed by atoms with Crippen molar-refractivity contribution in [1.29, 1.82) is 0 Å². The Labute approximate surface area is 149 Å². The highest BCUT2D eigenvalue weighted by Gasteiger charge is 2.19. The van der Waals surface area contributed by atoms with Gasteiger partial charge >= 0.3 is 10.1 Å². The van der Waals surface area contributed by atoms with Crippen LogP contribution >= 0.6 is 12.2 Å².